The first-order valence-electron chi connectivity index (χ1n) is 8.83. The number of anilines is 1. The van der Waals surface area contributed by atoms with E-state index < -0.39 is 5.91 Å². The molecule has 4 nitrogen and oxygen atoms in total. The van der Waals surface area contributed by atoms with Crippen molar-refractivity contribution >= 4 is 17.7 Å². The molecule has 0 fully saturated rings. The second-order valence-corrected chi connectivity index (χ2v) is 6.63. The molecular weight excluding hydrogens is 353 g/mol. The van der Waals surface area contributed by atoms with Crippen LogP contribution in [0.5, 0.6) is 0 Å². The number of aromatic nitrogens is 1. The molecule has 2 aromatic carbocycles. The van der Waals surface area contributed by atoms with E-state index in [1.54, 1.807) is 24.3 Å². The van der Waals surface area contributed by atoms with Gasteiger partial charge in [-0.05, 0) is 68.8 Å². The van der Waals surface area contributed by atoms with Crippen molar-refractivity contribution in [2.24, 2.45) is 0 Å². The fourth-order valence-corrected chi connectivity index (χ4v) is 3.09. The molecule has 0 spiro atoms. The number of nitrogens with one attached hydrogen (secondary N) is 1. The first-order valence-corrected chi connectivity index (χ1v) is 8.83. The van der Waals surface area contributed by atoms with Gasteiger partial charge in [0.2, 0.25) is 0 Å². The van der Waals surface area contributed by atoms with E-state index in [2.05, 4.69) is 5.32 Å². The Kier molecular flexibility index (Phi) is 5.42. The van der Waals surface area contributed by atoms with Gasteiger partial charge in [-0.25, -0.2) is 4.39 Å². The predicted molar refractivity (Wildman–Crippen MR) is 109 cm³/mol. The Morgan fingerprint density at radius 1 is 1.11 bits per heavy atom. The zero-order valence-electron chi connectivity index (χ0n) is 16.0. The molecule has 0 radical (unpaired) electrons. The van der Waals surface area contributed by atoms with E-state index in [4.69, 9.17) is 0 Å². The number of hydrogen-bond donors (Lipinski definition) is 1. The van der Waals surface area contributed by atoms with Crippen molar-refractivity contribution in [2.75, 3.05) is 5.32 Å². The van der Waals surface area contributed by atoms with Crippen molar-refractivity contribution in [3.63, 3.8) is 0 Å². The lowest BCUT2D eigenvalue weighted by atomic mass is 10.1. The molecule has 0 saturated carbocycles. The normalized spacial score (nSPS) is 11.2. The molecular formula is C23H20FN3O. The maximum atomic E-state index is 13.6. The van der Waals surface area contributed by atoms with Gasteiger partial charge in [0, 0.05) is 22.8 Å². The Bertz CT molecular complexity index is 1100. The summed E-state index contributed by atoms with van der Waals surface area (Å²) in [6.45, 7) is 5.73. The van der Waals surface area contributed by atoms with Crippen molar-refractivity contribution in [2.45, 2.75) is 20.8 Å². The van der Waals surface area contributed by atoms with Gasteiger partial charge in [-0.3, -0.25) is 4.79 Å². The first-order chi connectivity index (χ1) is 13.4. The third-order valence-corrected chi connectivity index (χ3v) is 4.51. The van der Waals surface area contributed by atoms with Gasteiger partial charge >= 0.3 is 0 Å². The quantitative estimate of drug-likeness (QED) is 0.512. The molecule has 0 aliphatic heterocycles. The van der Waals surface area contributed by atoms with E-state index in [1.165, 1.54) is 12.1 Å². The van der Waals surface area contributed by atoms with Crippen LogP contribution < -0.4 is 5.32 Å². The summed E-state index contributed by atoms with van der Waals surface area (Å²) >= 11 is 0. The Balaban J connectivity index is 1.93. The number of aryl methyl sites for hydroxylation is 2. The molecule has 1 aromatic heterocycles. The minimum absolute atomic E-state index is 0.0000623. The number of carbonyl (C=O) groups is 1. The fraction of sp³-hybridized carbons (Fsp3) is 0.130. The number of benzene rings is 2. The van der Waals surface area contributed by atoms with Crippen LogP contribution in [0.4, 0.5) is 10.1 Å². The van der Waals surface area contributed by atoms with Crippen molar-refractivity contribution < 1.29 is 9.18 Å². The lowest BCUT2D eigenvalue weighted by molar-refractivity contribution is -0.112. The Hall–Kier alpha value is -3.65. The standard InChI is InChI=1S/C23H20FN3O/c1-15-7-9-21(10-8-15)26-23(28)19(14-25)12-18-11-16(2)27(17(18)3)22-6-4-5-20(24)13-22/h4-13H,1-3H3,(H,26,28)/b19-12-. The minimum atomic E-state index is -0.470. The number of hydrogen-bond acceptors (Lipinski definition) is 2. The second-order valence-electron chi connectivity index (χ2n) is 6.63. The second kappa shape index (κ2) is 7.93. The predicted octanol–water partition coefficient (Wildman–Crippen LogP) is 5.09. The number of rotatable bonds is 4. The van der Waals surface area contributed by atoms with Crippen LogP contribution in [0.15, 0.2) is 60.2 Å². The highest BCUT2D eigenvalue weighted by Gasteiger charge is 2.14. The van der Waals surface area contributed by atoms with Gasteiger partial charge in [-0.1, -0.05) is 23.8 Å². The molecule has 140 valence electrons. The Labute approximate surface area is 163 Å². The zero-order chi connectivity index (χ0) is 20.3. The highest BCUT2D eigenvalue weighted by Crippen LogP contribution is 2.23. The minimum Gasteiger partial charge on any atom is -0.321 e. The topological polar surface area (TPSA) is 57.8 Å². The van der Waals surface area contributed by atoms with Gasteiger partial charge in [0.15, 0.2) is 0 Å². The van der Waals surface area contributed by atoms with E-state index in [0.717, 1.165) is 22.5 Å². The van der Waals surface area contributed by atoms with E-state index in [0.29, 0.717) is 11.4 Å². The van der Waals surface area contributed by atoms with Gasteiger partial charge in [0.1, 0.15) is 17.5 Å². The van der Waals surface area contributed by atoms with Gasteiger partial charge in [-0.15, -0.1) is 0 Å². The maximum Gasteiger partial charge on any atom is 0.266 e. The molecule has 1 heterocycles. The number of amides is 1. The molecule has 3 rings (SSSR count). The summed E-state index contributed by atoms with van der Waals surface area (Å²) in [5.74, 6) is -0.792. The largest absolute Gasteiger partial charge is 0.321 e. The molecule has 1 N–H and O–H groups in total. The van der Waals surface area contributed by atoms with Crippen molar-refractivity contribution in [3.05, 3.63) is 88.5 Å². The third kappa shape index (κ3) is 4.02. The summed E-state index contributed by atoms with van der Waals surface area (Å²) < 4.78 is 15.5. The van der Waals surface area contributed by atoms with Crippen LogP contribution in [0.3, 0.4) is 0 Å². The fourth-order valence-electron chi connectivity index (χ4n) is 3.09. The van der Waals surface area contributed by atoms with E-state index in [-0.39, 0.29) is 11.4 Å². The summed E-state index contributed by atoms with van der Waals surface area (Å²) in [6.07, 6.45) is 1.56. The summed E-state index contributed by atoms with van der Waals surface area (Å²) in [5.41, 5.74) is 4.83. The molecule has 3 aromatic rings. The Morgan fingerprint density at radius 3 is 2.46 bits per heavy atom. The van der Waals surface area contributed by atoms with E-state index in [9.17, 15) is 14.4 Å². The molecule has 0 atom stereocenters. The molecule has 0 bridgehead atoms. The summed E-state index contributed by atoms with van der Waals surface area (Å²) in [4.78, 5) is 12.5. The summed E-state index contributed by atoms with van der Waals surface area (Å²) in [7, 11) is 0. The van der Waals surface area contributed by atoms with Crippen LogP contribution >= 0.6 is 0 Å². The average Bonchev–Trinajstić information content (AvgIpc) is 2.94. The van der Waals surface area contributed by atoms with Crippen molar-refractivity contribution in [1.29, 1.82) is 5.26 Å². The lowest BCUT2D eigenvalue weighted by Gasteiger charge is -2.09. The summed E-state index contributed by atoms with van der Waals surface area (Å²) in [6, 6.07) is 17.5. The van der Waals surface area contributed by atoms with Gasteiger partial charge < -0.3 is 9.88 Å². The van der Waals surface area contributed by atoms with Gasteiger partial charge in [0.25, 0.3) is 5.91 Å². The molecule has 5 heteroatoms. The zero-order valence-corrected chi connectivity index (χ0v) is 16.0. The number of halogens is 1. The van der Waals surface area contributed by atoms with Crippen molar-refractivity contribution in [3.8, 4) is 11.8 Å². The van der Waals surface area contributed by atoms with E-state index >= 15 is 0 Å². The number of nitrogens with zero attached hydrogens (tertiary/aromatic N) is 2. The monoisotopic (exact) mass is 373 g/mol. The van der Waals surface area contributed by atoms with Crippen LogP contribution in [-0.2, 0) is 4.79 Å². The highest BCUT2D eigenvalue weighted by atomic mass is 19.1. The van der Waals surface area contributed by atoms with Crippen LogP contribution in [-0.4, -0.2) is 10.5 Å². The van der Waals surface area contributed by atoms with Crippen LogP contribution in [0.1, 0.15) is 22.5 Å². The molecule has 1 amide bonds. The molecule has 0 aliphatic carbocycles. The van der Waals surface area contributed by atoms with Crippen LogP contribution in [0.2, 0.25) is 0 Å². The Morgan fingerprint density at radius 2 is 1.82 bits per heavy atom. The third-order valence-electron chi connectivity index (χ3n) is 4.51. The average molecular weight is 373 g/mol. The SMILES string of the molecule is Cc1ccc(NC(=O)/C(C#N)=C\c2cc(C)n(-c3cccc(F)c3)c2C)cc1. The summed E-state index contributed by atoms with van der Waals surface area (Å²) in [5, 5.41) is 12.2. The molecule has 0 saturated heterocycles. The van der Waals surface area contributed by atoms with Crippen LogP contribution in [0.25, 0.3) is 11.8 Å². The lowest BCUT2D eigenvalue weighted by Crippen LogP contribution is -2.13. The van der Waals surface area contributed by atoms with Gasteiger partial charge in [-0.2, -0.15) is 5.26 Å². The van der Waals surface area contributed by atoms with Crippen molar-refractivity contribution in [1.82, 2.24) is 4.57 Å². The van der Waals surface area contributed by atoms with E-state index in [1.807, 2.05) is 55.7 Å². The smallest absolute Gasteiger partial charge is 0.266 e. The van der Waals surface area contributed by atoms with Gasteiger partial charge in [0.05, 0.1) is 0 Å². The number of carbonyl (C=O) groups excluding carboxylic acids is 1. The number of nitriles is 1. The maximum absolute atomic E-state index is 13.6. The molecule has 0 aliphatic rings. The van der Waals surface area contributed by atoms with Crippen LogP contribution in [0, 0.1) is 37.9 Å². The highest BCUT2D eigenvalue weighted by molar-refractivity contribution is 6.09. The molecule has 28 heavy (non-hydrogen) atoms. The molecule has 0 unspecified atom stereocenters. The first kappa shape index (κ1) is 19.1.